The van der Waals surface area contributed by atoms with E-state index in [0.29, 0.717) is 0 Å². The van der Waals surface area contributed by atoms with Crippen LogP contribution in [-0.2, 0) is 0 Å². The molecular formula is C19H19N. The van der Waals surface area contributed by atoms with Gasteiger partial charge in [0.1, 0.15) is 0 Å². The highest BCUT2D eigenvalue weighted by Crippen LogP contribution is 2.22. The van der Waals surface area contributed by atoms with Crippen LogP contribution in [0.5, 0.6) is 0 Å². The van der Waals surface area contributed by atoms with Crippen molar-refractivity contribution in [1.29, 1.82) is 0 Å². The summed E-state index contributed by atoms with van der Waals surface area (Å²) < 4.78 is 0. The lowest BCUT2D eigenvalue weighted by molar-refractivity contribution is 1.05. The van der Waals surface area contributed by atoms with Gasteiger partial charge in [0.2, 0.25) is 0 Å². The number of aryl methyl sites for hydroxylation is 2. The third-order valence-electron chi connectivity index (χ3n) is 3.70. The van der Waals surface area contributed by atoms with Crippen molar-refractivity contribution >= 4 is 11.8 Å². The normalized spacial score (nSPS) is 16.5. The summed E-state index contributed by atoms with van der Waals surface area (Å²) in [6.07, 6.45) is 3.31. The smallest absolute Gasteiger partial charge is 0.0679 e. The van der Waals surface area contributed by atoms with E-state index in [1.807, 2.05) is 0 Å². The maximum atomic E-state index is 4.68. The Morgan fingerprint density at radius 1 is 0.850 bits per heavy atom. The van der Waals surface area contributed by atoms with Gasteiger partial charge in [-0.25, -0.2) is 0 Å². The van der Waals surface area contributed by atoms with E-state index >= 15 is 0 Å². The van der Waals surface area contributed by atoms with Gasteiger partial charge in [0, 0.05) is 6.54 Å². The van der Waals surface area contributed by atoms with Crippen molar-refractivity contribution in [3.05, 3.63) is 76.4 Å². The zero-order chi connectivity index (χ0) is 13.9. The minimum atomic E-state index is 0.904. The molecule has 100 valence electrons. The molecule has 0 saturated carbocycles. The summed E-state index contributed by atoms with van der Waals surface area (Å²) in [4.78, 5) is 4.68. The Hall–Kier alpha value is -2.15. The van der Waals surface area contributed by atoms with Crippen molar-refractivity contribution in [2.24, 2.45) is 4.99 Å². The van der Waals surface area contributed by atoms with E-state index in [4.69, 9.17) is 0 Å². The maximum absolute atomic E-state index is 4.68. The molecule has 0 aromatic heterocycles. The standard InChI is InChI=1S/C19H19N/c1-14-3-7-16(8-4-14)13-18-11-12-20-19(18)17-9-5-15(2)6-10-17/h3-10,13H,11-12H2,1-2H3/b18-13+. The number of rotatable bonds is 2. The van der Waals surface area contributed by atoms with E-state index in [9.17, 15) is 0 Å². The lowest BCUT2D eigenvalue weighted by atomic mass is 9.99. The minimum Gasteiger partial charge on any atom is -0.284 e. The fourth-order valence-corrected chi connectivity index (χ4v) is 2.50. The molecule has 0 fully saturated rings. The summed E-state index contributed by atoms with van der Waals surface area (Å²) >= 11 is 0. The first-order chi connectivity index (χ1) is 9.72. The fourth-order valence-electron chi connectivity index (χ4n) is 2.50. The van der Waals surface area contributed by atoms with E-state index in [2.05, 4.69) is 73.4 Å². The van der Waals surface area contributed by atoms with Crippen molar-refractivity contribution < 1.29 is 0 Å². The zero-order valence-electron chi connectivity index (χ0n) is 12.1. The second-order valence-electron chi connectivity index (χ2n) is 5.43. The number of nitrogens with zero attached hydrogens (tertiary/aromatic N) is 1. The summed E-state index contributed by atoms with van der Waals surface area (Å²) in [5.74, 6) is 0. The van der Waals surface area contributed by atoms with Crippen LogP contribution in [0.2, 0.25) is 0 Å². The van der Waals surface area contributed by atoms with E-state index in [1.165, 1.54) is 27.8 Å². The molecule has 0 bridgehead atoms. The molecule has 1 nitrogen and oxygen atoms in total. The molecule has 0 unspecified atom stereocenters. The van der Waals surface area contributed by atoms with Crippen LogP contribution in [-0.4, -0.2) is 12.3 Å². The predicted molar refractivity (Wildman–Crippen MR) is 86.4 cm³/mol. The lowest BCUT2D eigenvalue weighted by Gasteiger charge is -2.05. The monoisotopic (exact) mass is 261 g/mol. The molecule has 0 radical (unpaired) electrons. The Balaban J connectivity index is 1.92. The molecule has 0 saturated heterocycles. The highest BCUT2D eigenvalue weighted by Gasteiger charge is 2.15. The molecule has 0 atom stereocenters. The van der Waals surface area contributed by atoms with Gasteiger partial charge in [-0.2, -0.15) is 0 Å². The third-order valence-corrected chi connectivity index (χ3v) is 3.70. The van der Waals surface area contributed by atoms with Crippen molar-refractivity contribution in [3.63, 3.8) is 0 Å². The van der Waals surface area contributed by atoms with Crippen LogP contribution in [0.4, 0.5) is 0 Å². The summed E-state index contributed by atoms with van der Waals surface area (Å²) in [6, 6.07) is 17.3. The Bertz CT molecular complexity index is 658. The molecule has 3 rings (SSSR count). The third kappa shape index (κ3) is 2.72. The van der Waals surface area contributed by atoms with Gasteiger partial charge in [-0.3, -0.25) is 4.99 Å². The van der Waals surface area contributed by atoms with Crippen LogP contribution in [0.25, 0.3) is 6.08 Å². The van der Waals surface area contributed by atoms with Crippen LogP contribution in [0, 0.1) is 13.8 Å². The van der Waals surface area contributed by atoms with Crippen molar-refractivity contribution in [2.75, 3.05) is 6.54 Å². The zero-order valence-corrected chi connectivity index (χ0v) is 12.1. The topological polar surface area (TPSA) is 12.4 Å². The number of hydrogen-bond donors (Lipinski definition) is 0. The average molecular weight is 261 g/mol. The molecular weight excluding hydrogens is 242 g/mol. The van der Waals surface area contributed by atoms with Crippen molar-refractivity contribution in [2.45, 2.75) is 20.3 Å². The molecule has 1 heteroatoms. The molecule has 0 spiro atoms. The number of benzene rings is 2. The second kappa shape index (κ2) is 5.46. The number of aliphatic imine (C=N–C) groups is 1. The number of hydrogen-bond acceptors (Lipinski definition) is 1. The van der Waals surface area contributed by atoms with Gasteiger partial charge in [0.05, 0.1) is 5.71 Å². The van der Waals surface area contributed by atoms with E-state index in [0.717, 1.165) is 18.7 Å². The minimum absolute atomic E-state index is 0.904. The molecule has 0 N–H and O–H groups in total. The SMILES string of the molecule is Cc1ccc(/C=C2\CCN=C2c2ccc(C)cc2)cc1. The van der Waals surface area contributed by atoms with Gasteiger partial charge in [-0.15, -0.1) is 0 Å². The average Bonchev–Trinajstić information content (AvgIpc) is 2.90. The Labute approximate surface area is 120 Å². The van der Waals surface area contributed by atoms with Gasteiger partial charge in [-0.05, 0) is 43.0 Å². The summed E-state index contributed by atoms with van der Waals surface area (Å²) in [6.45, 7) is 5.13. The summed E-state index contributed by atoms with van der Waals surface area (Å²) in [5, 5.41) is 0. The molecule has 2 aromatic carbocycles. The largest absolute Gasteiger partial charge is 0.284 e. The van der Waals surface area contributed by atoms with E-state index < -0.39 is 0 Å². The van der Waals surface area contributed by atoms with E-state index in [1.54, 1.807) is 0 Å². The van der Waals surface area contributed by atoms with Crippen LogP contribution in [0.3, 0.4) is 0 Å². The molecule has 1 aliphatic rings. The molecule has 2 aromatic rings. The van der Waals surface area contributed by atoms with Gasteiger partial charge in [-0.1, -0.05) is 59.7 Å². The van der Waals surface area contributed by atoms with Crippen molar-refractivity contribution in [3.8, 4) is 0 Å². The Kier molecular flexibility index (Phi) is 3.51. The van der Waals surface area contributed by atoms with Gasteiger partial charge < -0.3 is 0 Å². The Morgan fingerprint density at radius 2 is 1.45 bits per heavy atom. The first kappa shape index (κ1) is 12.9. The highest BCUT2D eigenvalue weighted by atomic mass is 14.8. The lowest BCUT2D eigenvalue weighted by Crippen LogP contribution is -2.00. The second-order valence-corrected chi connectivity index (χ2v) is 5.43. The fraction of sp³-hybridized carbons (Fsp3) is 0.211. The summed E-state index contributed by atoms with van der Waals surface area (Å²) in [7, 11) is 0. The quantitative estimate of drug-likeness (QED) is 0.750. The van der Waals surface area contributed by atoms with Crippen LogP contribution in [0.15, 0.2) is 59.1 Å². The van der Waals surface area contributed by atoms with Gasteiger partial charge >= 0.3 is 0 Å². The molecule has 20 heavy (non-hydrogen) atoms. The van der Waals surface area contributed by atoms with Gasteiger partial charge in [0.15, 0.2) is 0 Å². The highest BCUT2D eigenvalue weighted by molar-refractivity contribution is 6.16. The van der Waals surface area contributed by atoms with Crippen LogP contribution in [0.1, 0.15) is 28.7 Å². The predicted octanol–water partition coefficient (Wildman–Crippen LogP) is 4.58. The molecule has 1 heterocycles. The molecule has 0 amide bonds. The van der Waals surface area contributed by atoms with Gasteiger partial charge in [0.25, 0.3) is 0 Å². The Morgan fingerprint density at radius 3 is 2.10 bits per heavy atom. The maximum Gasteiger partial charge on any atom is 0.0679 e. The first-order valence-electron chi connectivity index (χ1n) is 7.11. The van der Waals surface area contributed by atoms with Crippen molar-refractivity contribution in [1.82, 2.24) is 0 Å². The van der Waals surface area contributed by atoms with Crippen LogP contribution >= 0.6 is 0 Å². The molecule has 0 aliphatic carbocycles. The van der Waals surface area contributed by atoms with Crippen LogP contribution < -0.4 is 0 Å². The first-order valence-corrected chi connectivity index (χ1v) is 7.11. The molecule has 1 aliphatic heterocycles. The van der Waals surface area contributed by atoms with E-state index in [-0.39, 0.29) is 0 Å². The summed E-state index contributed by atoms with van der Waals surface area (Å²) in [5.41, 5.74) is 7.57.